The van der Waals surface area contributed by atoms with Crippen molar-refractivity contribution >= 4 is 23.6 Å². The number of aryl methyl sites for hydroxylation is 1. The lowest BCUT2D eigenvalue weighted by molar-refractivity contribution is -0.131. The summed E-state index contributed by atoms with van der Waals surface area (Å²) in [6, 6.07) is 3.59. The van der Waals surface area contributed by atoms with Crippen molar-refractivity contribution in [1.82, 2.24) is 25.1 Å². The van der Waals surface area contributed by atoms with Gasteiger partial charge in [-0.1, -0.05) is 25.6 Å². The number of furan rings is 1. The SMILES string of the molecule is Cc1occc1-c1nnc(S[C@H](C(=O)N2CCN(c3ncccn3)CC2)C(C)C)o1. The van der Waals surface area contributed by atoms with Gasteiger partial charge in [-0.25, -0.2) is 9.97 Å². The summed E-state index contributed by atoms with van der Waals surface area (Å²) in [6.07, 6.45) is 5.05. The second-order valence-corrected chi connectivity index (χ2v) is 8.50. The van der Waals surface area contributed by atoms with Crippen LogP contribution in [0.2, 0.25) is 0 Å². The maximum atomic E-state index is 13.2. The number of piperazine rings is 1. The molecule has 0 radical (unpaired) electrons. The quantitative estimate of drug-likeness (QED) is 0.548. The molecule has 1 atom stereocenters. The highest BCUT2D eigenvalue weighted by Crippen LogP contribution is 2.32. The van der Waals surface area contributed by atoms with Gasteiger partial charge in [0.1, 0.15) is 5.76 Å². The van der Waals surface area contributed by atoms with E-state index in [1.807, 2.05) is 25.7 Å². The van der Waals surface area contributed by atoms with E-state index in [2.05, 4.69) is 25.1 Å². The van der Waals surface area contributed by atoms with Crippen molar-refractivity contribution in [2.45, 2.75) is 31.2 Å². The fourth-order valence-corrected chi connectivity index (χ4v) is 4.27. The van der Waals surface area contributed by atoms with Gasteiger partial charge >= 0.3 is 0 Å². The lowest BCUT2D eigenvalue weighted by Crippen LogP contribution is -2.52. The van der Waals surface area contributed by atoms with Crippen molar-refractivity contribution in [3.8, 4) is 11.5 Å². The van der Waals surface area contributed by atoms with Crippen LogP contribution in [0.1, 0.15) is 19.6 Å². The molecule has 1 aliphatic heterocycles. The molecule has 1 aliphatic rings. The first-order valence-corrected chi connectivity index (χ1v) is 10.8. The Morgan fingerprint density at radius 2 is 1.87 bits per heavy atom. The van der Waals surface area contributed by atoms with E-state index in [9.17, 15) is 4.79 Å². The summed E-state index contributed by atoms with van der Waals surface area (Å²) >= 11 is 1.32. The van der Waals surface area contributed by atoms with Crippen LogP contribution in [0.25, 0.3) is 11.5 Å². The summed E-state index contributed by atoms with van der Waals surface area (Å²) in [7, 11) is 0. The Kier molecular flexibility index (Phi) is 6.03. The lowest BCUT2D eigenvalue weighted by Gasteiger charge is -2.36. The average molecular weight is 429 g/mol. The molecule has 30 heavy (non-hydrogen) atoms. The second-order valence-electron chi connectivity index (χ2n) is 7.41. The third-order valence-corrected chi connectivity index (χ3v) is 6.37. The Labute approximate surface area is 178 Å². The predicted octanol–water partition coefficient (Wildman–Crippen LogP) is 2.89. The Morgan fingerprint density at radius 3 is 2.50 bits per heavy atom. The first kappa shape index (κ1) is 20.4. The molecule has 9 nitrogen and oxygen atoms in total. The average Bonchev–Trinajstić information content (AvgIpc) is 3.40. The number of amides is 1. The normalized spacial score (nSPS) is 15.6. The van der Waals surface area contributed by atoms with Gasteiger partial charge in [-0.2, -0.15) is 0 Å². The molecule has 0 saturated carbocycles. The number of anilines is 1. The van der Waals surface area contributed by atoms with Crippen LogP contribution < -0.4 is 4.90 Å². The molecule has 0 bridgehead atoms. The number of rotatable bonds is 6. The van der Waals surface area contributed by atoms with Gasteiger partial charge in [-0.15, -0.1) is 10.2 Å². The Balaban J connectivity index is 1.40. The van der Waals surface area contributed by atoms with Crippen LogP contribution in [0, 0.1) is 12.8 Å². The van der Waals surface area contributed by atoms with E-state index < -0.39 is 0 Å². The summed E-state index contributed by atoms with van der Waals surface area (Å²) in [4.78, 5) is 25.8. The number of hydrogen-bond donors (Lipinski definition) is 0. The highest BCUT2D eigenvalue weighted by atomic mass is 32.2. The third kappa shape index (κ3) is 4.33. The standard InChI is InChI=1S/C20H24N6O3S/c1-13(2)16(30-20-24-23-17(29-20)15-5-12-28-14(15)3)18(27)25-8-10-26(11-9-25)19-21-6-4-7-22-19/h4-7,12-13,16H,8-11H2,1-3H3/t16-/m0/s1. The molecule has 0 aromatic carbocycles. The van der Waals surface area contributed by atoms with E-state index in [-0.39, 0.29) is 17.1 Å². The van der Waals surface area contributed by atoms with E-state index in [1.54, 1.807) is 30.8 Å². The van der Waals surface area contributed by atoms with Crippen LogP contribution in [0.4, 0.5) is 5.95 Å². The van der Waals surface area contributed by atoms with E-state index >= 15 is 0 Å². The van der Waals surface area contributed by atoms with Gasteiger partial charge in [0.25, 0.3) is 11.1 Å². The van der Waals surface area contributed by atoms with Gasteiger partial charge in [-0.3, -0.25) is 4.79 Å². The highest BCUT2D eigenvalue weighted by molar-refractivity contribution is 8.00. The van der Waals surface area contributed by atoms with Crippen molar-refractivity contribution in [3.63, 3.8) is 0 Å². The summed E-state index contributed by atoms with van der Waals surface area (Å²) < 4.78 is 11.1. The number of hydrogen-bond acceptors (Lipinski definition) is 9. The molecule has 1 amide bonds. The van der Waals surface area contributed by atoms with Crippen molar-refractivity contribution in [1.29, 1.82) is 0 Å². The number of aromatic nitrogens is 4. The molecule has 0 aliphatic carbocycles. The van der Waals surface area contributed by atoms with Gasteiger partial charge in [0, 0.05) is 38.6 Å². The fraction of sp³-hybridized carbons (Fsp3) is 0.450. The molecule has 1 saturated heterocycles. The summed E-state index contributed by atoms with van der Waals surface area (Å²) in [5, 5.41) is 8.31. The van der Waals surface area contributed by atoms with Gasteiger partial charge in [0.2, 0.25) is 11.9 Å². The molecular weight excluding hydrogens is 404 g/mol. The molecule has 0 N–H and O–H groups in total. The number of nitrogens with zero attached hydrogens (tertiary/aromatic N) is 6. The molecule has 0 spiro atoms. The van der Waals surface area contributed by atoms with Gasteiger partial charge in [0.15, 0.2) is 0 Å². The van der Waals surface area contributed by atoms with Crippen LogP contribution in [0.15, 0.2) is 44.8 Å². The van der Waals surface area contributed by atoms with Crippen molar-refractivity contribution < 1.29 is 13.6 Å². The van der Waals surface area contributed by atoms with E-state index in [0.717, 1.165) is 5.56 Å². The Morgan fingerprint density at radius 1 is 1.13 bits per heavy atom. The lowest BCUT2D eigenvalue weighted by atomic mass is 10.1. The maximum Gasteiger partial charge on any atom is 0.277 e. The number of carbonyl (C=O) groups is 1. The minimum Gasteiger partial charge on any atom is -0.469 e. The Bertz CT molecular complexity index is 981. The Hall–Kier alpha value is -2.88. The zero-order chi connectivity index (χ0) is 21.1. The zero-order valence-electron chi connectivity index (χ0n) is 17.2. The molecule has 10 heteroatoms. The van der Waals surface area contributed by atoms with E-state index in [4.69, 9.17) is 8.83 Å². The molecule has 3 aromatic rings. The monoisotopic (exact) mass is 428 g/mol. The molecule has 1 fully saturated rings. The molecule has 4 rings (SSSR count). The maximum absolute atomic E-state index is 13.2. The smallest absolute Gasteiger partial charge is 0.277 e. The fourth-order valence-electron chi connectivity index (χ4n) is 3.31. The summed E-state index contributed by atoms with van der Waals surface area (Å²) in [5.74, 6) is 2.02. The van der Waals surface area contributed by atoms with Crippen LogP contribution in [0.5, 0.6) is 0 Å². The minimum atomic E-state index is -0.303. The van der Waals surface area contributed by atoms with Gasteiger partial charge in [0.05, 0.1) is 17.1 Å². The molecule has 4 heterocycles. The number of thioether (sulfide) groups is 1. The topological polar surface area (TPSA) is 101 Å². The van der Waals surface area contributed by atoms with Crippen LogP contribution in [-0.2, 0) is 4.79 Å². The van der Waals surface area contributed by atoms with Gasteiger partial charge < -0.3 is 18.6 Å². The zero-order valence-corrected chi connectivity index (χ0v) is 18.0. The van der Waals surface area contributed by atoms with Crippen LogP contribution in [0.3, 0.4) is 0 Å². The molecule has 3 aromatic heterocycles. The van der Waals surface area contributed by atoms with Crippen LogP contribution in [-0.4, -0.2) is 62.4 Å². The van der Waals surface area contributed by atoms with Crippen molar-refractivity contribution in [2.75, 3.05) is 31.1 Å². The van der Waals surface area contributed by atoms with Gasteiger partial charge in [-0.05, 0) is 25.0 Å². The second kappa shape index (κ2) is 8.86. The molecular formula is C20H24N6O3S. The van der Waals surface area contributed by atoms with Crippen molar-refractivity contribution in [3.05, 3.63) is 36.5 Å². The first-order valence-electron chi connectivity index (χ1n) is 9.88. The minimum absolute atomic E-state index is 0.0860. The molecule has 0 unspecified atom stereocenters. The highest BCUT2D eigenvalue weighted by Gasteiger charge is 2.32. The summed E-state index contributed by atoms with van der Waals surface area (Å²) in [6.45, 7) is 8.56. The van der Waals surface area contributed by atoms with Crippen LogP contribution >= 0.6 is 11.8 Å². The predicted molar refractivity (Wildman–Crippen MR) is 112 cm³/mol. The molecule has 158 valence electrons. The number of carbonyl (C=O) groups excluding carboxylic acids is 1. The third-order valence-electron chi connectivity index (χ3n) is 5.00. The summed E-state index contributed by atoms with van der Waals surface area (Å²) in [5.41, 5.74) is 0.765. The largest absolute Gasteiger partial charge is 0.469 e. The van der Waals surface area contributed by atoms with E-state index in [1.165, 1.54) is 11.8 Å². The van der Waals surface area contributed by atoms with E-state index in [0.29, 0.717) is 49.0 Å². The van der Waals surface area contributed by atoms with Crippen molar-refractivity contribution in [2.24, 2.45) is 5.92 Å². The first-order chi connectivity index (χ1) is 14.5.